The fourth-order valence-corrected chi connectivity index (χ4v) is 2.00. The molecular weight excluding hydrogens is 234 g/mol. The van der Waals surface area contributed by atoms with E-state index < -0.39 is 5.54 Å². The molecule has 0 aliphatic rings. The lowest BCUT2D eigenvalue weighted by molar-refractivity contribution is 0.310. The second-order valence-electron chi connectivity index (χ2n) is 4.34. The minimum atomic E-state index is -0.581. The third-order valence-electron chi connectivity index (χ3n) is 2.13. The zero-order valence-electron chi connectivity index (χ0n) is 9.88. The summed E-state index contributed by atoms with van der Waals surface area (Å²) in [5, 5.41) is 3.91. The molecule has 2 aromatic rings. The number of benzene rings is 1. The van der Waals surface area contributed by atoms with Crippen LogP contribution in [0.4, 0.5) is 0 Å². The van der Waals surface area contributed by atoms with E-state index in [2.05, 4.69) is 22.3 Å². The second-order valence-corrected chi connectivity index (χ2v) is 5.39. The SMILES string of the molecule is CC(C)(N)c1nc(CSc2ccccc2)no1. The molecule has 0 saturated heterocycles. The van der Waals surface area contributed by atoms with Gasteiger partial charge in [-0.1, -0.05) is 23.4 Å². The van der Waals surface area contributed by atoms with Crippen molar-refractivity contribution < 1.29 is 4.52 Å². The molecule has 0 unspecified atom stereocenters. The Kier molecular flexibility index (Phi) is 3.49. The topological polar surface area (TPSA) is 64.9 Å². The highest BCUT2D eigenvalue weighted by Gasteiger charge is 2.22. The van der Waals surface area contributed by atoms with E-state index in [4.69, 9.17) is 10.3 Å². The molecule has 0 bridgehead atoms. The van der Waals surface area contributed by atoms with Crippen LogP contribution < -0.4 is 5.73 Å². The number of aromatic nitrogens is 2. The normalized spacial score (nSPS) is 11.7. The highest BCUT2D eigenvalue weighted by atomic mass is 32.2. The van der Waals surface area contributed by atoms with E-state index in [0.717, 1.165) is 0 Å². The van der Waals surface area contributed by atoms with Crippen LogP contribution in [-0.2, 0) is 11.3 Å². The predicted octanol–water partition coefficient (Wildman–Crippen LogP) is 2.56. The fourth-order valence-electron chi connectivity index (χ4n) is 1.24. The Morgan fingerprint density at radius 1 is 1.29 bits per heavy atom. The summed E-state index contributed by atoms with van der Waals surface area (Å²) in [7, 11) is 0. The summed E-state index contributed by atoms with van der Waals surface area (Å²) in [5.41, 5.74) is 5.29. The monoisotopic (exact) mass is 249 g/mol. The van der Waals surface area contributed by atoms with Gasteiger partial charge in [0, 0.05) is 4.90 Å². The maximum atomic E-state index is 5.87. The first-order valence-corrected chi connectivity index (χ1v) is 6.34. The van der Waals surface area contributed by atoms with Crippen molar-refractivity contribution in [2.24, 2.45) is 5.73 Å². The number of rotatable bonds is 4. The number of nitrogens with two attached hydrogens (primary N) is 1. The molecule has 2 N–H and O–H groups in total. The van der Waals surface area contributed by atoms with Crippen LogP contribution >= 0.6 is 11.8 Å². The van der Waals surface area contributed by atoms with E-state index in [9.17, 15) is 0 Å². The zero-order valence-corrected chi connectivity index (χ0v) is 10.7. The Hall–Kier alpha value is -1.33. The van der Waals surface area contributed by atoms with Crippen LogP contribution in [0.2, 0.25) is 0 Å². The van der Waals surface area contributed by atoms with Crippen LogP contribution in [-0.4, -0.2) is 10.1 Å². The van der Waals surface area contributed by atoms with Gasteiger partial charge in [0.1, 0.15) is 0 Å². The van der Waals surface area contributed by atoms with Gasteiger partial charge in [-0.2, -0.15) is 4.98 Å². The summed E-state index contributed by atoms with van der Waals surface area (Å²) >= 11 is 1.67. The van der Waals surface area contributed by atoms with Gasteiger partial charge in [0.05, 0.1) is 11.3 Å². The largest absolute Gasteiger partial charge is 0.337 e. The van der Waals surface area contributed by atoms with Gasteiger partial charge in [-0.3, -0.25) is 0 Å². The third-order valence-corrected chi connectivity index (χ3v) is 3.14. The first-order valence-electron chi connectivity index (χ1n) is 5.35. The lowest BCUT2D eigenvalue weighted by Crippen LogP contribution is -2.29. The fraction of sp³-hybridized carbons (Fsp3) is 0.333. The van der Waals surface area contributed by atoms with E-state index in [-0.39, 0.29) is 0 Å². The molecule has 4 nitrogen and oxygen atoms in total. The van der Waals surface area contributed by atoms with E-state index in [0.29, 0.717) is 17.5 Å². The summed E-state index contributed by atoms with van der Waals surface area (Å²) in [6.07, 6.45) is 0. The molecular formula is C12H15N3OS. The molecule has 0 fully saturated rings. The number of thioether (sulfide) groups is 1. The molecule has 0 amide bonds. The summed E-state index contributed by atoms with van der Waals surface area (Å²) < 4.78 is 5.12. The first kappa shape index (κ1) is 12.1. The van der Waals surface area contributed by atoms with Gasteiger partial charge in [0.25, 0.3) is 0 Å². The maximum absolute atomic E-state index is 5.87. The molecule has 0 radical (unpaired) electrons. The number of hydrogen-bond donors (Lipinski definition) is 1. The predicted molar refractivity (Wildman–Crippen MR) is 67.5 cm³/mol. The Morgan fingerprint density at radius 2 is 2.00 bits per heavy atom. The van der Waals surface area contributed by atoms with Gasteiger partial charge < -0.3 is 10.3 Å². The van der Waals surface area contributed by atoms with Crippen molar-refractivity contribution in [1.82, 2.24) is 10.1 Å². The molecule has 0 aliphatic carbocycles. The van der Waals surface area contributed by atoms with Crippen molar-refractivity contribution >= 4 is 11.8 Å². The summed E-state index contributed by atoms with van der Waals surface area (Å²) in [6, 6.07) is 10.1. The van der Waals surface area contributed by atoms with Crippen molar-refractivity contribution in [2.75, 3.05) is 0 Å². The van der Waals surface area contributed by atoms with Crippen molar-refractivity contribution in [3.8, 4) is 0 Å². The highest BCUT2D eigenvalue weighted by molar-refractivity contribution is 7.98. The van der Waals surface area contributed by atoms with Gasteiger partial charge >= 0.3 is 0 Å². The average molecular weight is 249 g/mol. The summed E-state index contributed by atoms with van der Waals surface area (Å²) in [4.78, 5) is 5.46. The van der Waals surface area contributed by atoms with E-state index in [1.807, 2.05) is 32.0 Å². The van der Waals surface area contributed by atoms with E-state index in [1.165, 1.54) is 4.90 Å². The molecule has 0 atom stereocenters. The number of nitrogens with zero attached hydrogens (tertiary/aromatic N) is 2. The van der Waals surface area contributed by atoms with Gasteiger partial charge in [-0.25, -0.2) is 0 Å². The van der Waals surface area contributed by atoms with Crippen LogP contribution in [0.15, 0.2) is 39.8 Å². The van der Waals surface area contributed by atoms with Gasteiger partial charge in [0.2, 0.25) is 5.89 Å². The van der Waals surface area contributed by atoms with Crippen LogP contribution in [0, 0.1) is 0 Å². The van der Waals surface area contributed by atoms with Crippen LogP contribution in [0.25, 0.3) is 0 Å². The third kappa shape index (κ3) is 3.31. The minimum Gasteiger partial charge on any atom is -0.337 e. The van der Waals surface area contributed by atoms with Crippen LogP contribution in [0.3, 0.4) is 0 Å². The molecule has 1 aromatic heterocycles. The van der Waals surface area contributed by atoms with E-state index >= 15 is 0 Å². The lowest BCUT2D eigenvalue weighted by atomic mass is 10.1. The lowest BCUT2D eigenvalue weighted by Gasteiger charge is -2.10. The molecule has 0 saturated carbocycles. The van der Waals surface area contributed by atoms with Crippen LogP contribution in [0.5, 0.6) is 0 Å². The van der Waals surface area contributed by atoms with Gasteiger partial charge in [0.15, 0.2) is 5.82 Å². The molecule has 1 aromatic carbocycles. The molecule has 90 valence electrons. The van der Waals surface area contributed by atoms with Crippen molar-refractivity contribution in [2.45, 2.75) is 30.0 Å². The minimum absolute atomic E-state index is 0.473. The Bertz CT molecular complexity index is 476. The van der Waals surface area contributed by atoms with Crippen molar-refractivity contribution in [3.05, 3.63) is 42.0 Å². The zero-order chi connectivity index (χ0) is 12.3. The quantitative estimate of drug-likeness (QED) is 0.844. The Morgan fingerprint density at radius 3 is 2.59 bits per heavy atom. The van der Waals surface area contributed by atoms with E-state index in [1.54, 1.807) is 11.8 Å². The van der Waals surface area contributed by atoms with Gasteiger partial charge in [-0.15, -0.1) is 11.8 Å². The molecule has 1 heterocycles. The number of hydrogen-bond acceptors (Lipinski definition) is 5. The molecule has 0 aliphatic heterocycles. The van der Waals surface area contributed by atoms with Crippen LogP contribution in [0.1, 0.15) is 25.6 Å². The highest BCUT2D eigenvalue weighted by Crippen LogP contribution is 2.22. The molecule has 17 heavy (non-hydrogen) atoms. The standard InChI is InChI=1S/C12H15N3OS/c1-12(2,13)11-14-10(15-16-11)8-17-9-6-4-3-5-7-9/h3-7H,8,13H2,1-2H3. The molecule has 5 heteroatoms. The molecule has 0 spiro atoms. The Labute approximate surface area is 105 Å². The van der Waals surface area contributed by atoms with Crippen molar-refractivity contribution in [3.63, 3.8) is 0 Å². The maximum Gasteiger partial charge on any atom is 0.246 e. The summed E-state index contributed by atoms with van der Waals surface area (Å²) in [5.74, 6) is 1.83. The summed E-state index contributed by atoms with van der Waals surface area (Å²) in [6.45, 7) is 3.68. The smallest absolute Gasteiger partial charge is 0.246 e. The van der Waals surface area contributed by atoms with Gasteiger partial charge in [-0.05, 0) is 26.0 Å². The first-order chi connectivity index (χ1) is 8.05. The second kappa shape index (κ2) is 4.89. The molecule has 2 rings (SSSR count). The van der Waals surface area contributed by atoms with Crippen molar-refractivity contribution in [1.29, 1.82) is 0 Å². The average Bonchev–Trinajstić information content (AvgIpc) is 2.76. The Balaban J connectivity index is 1.99.